The molecular formula is C15H15BrN2O2S. The highest BCUT2D eigenvalue weighted by Crippen LogP contribution is 2.20. The summed E-state index contributed by atoms with van der Waals surface area (Å²) in [7, 11) is 1.73. The highest BCUT2D eigenvalue weighted by molar-refractivity contribution is 9.10. The molecule has 21 heavy (non-hydrogen) atoms. The fourth-order valence-electron chi connectivity index (χ4n) is 1.74. The van der Waals surface area contributed by atoms with Gasteiger partial charge in [-0.2, -0.15) is 0 Å². The van der Waals surface area contributed by atoms with E-state index in [0.29, 0.717) is 12.1 Å². The lowest BCUT2D eigenvalue weighted by Crippen LogP contribution is -2.37. The first-order valence-corrected chi connectivity index (χ1v) is 8.03. The summed E-state index contributed by atoms with van der Waals surface area (Å²) >= 11 is 4.97. The summed E-state index contributed by atoms with van der Waals surface area (Å²) in [4.78, 5) is 26.5. The Morgan fingerprint density at radius 2 is 2.00 bits per heavy atom. The first-order valence-electron chi connectivity index (χ1n) is 6.36. The molecule has 1 aromatic heterocycles. The van der Waals surface area contributed by atoms with Crippen LogP contribution in [-0.4, -0.2) is 30.3 Å². The number of nitrogens with one attached hydrogen (secondary N) is 1. The normalized spacial score (nSPS) is 10.2. The van der Waals surface area contributed by atoms with Crippen molar-refractivity contribution >= 4 is 39.1 Å². The Morgan fingerprint density at radius 3 is 2.62 bits per heavy atom. The van der Waals surface area contributed by atoms with Gasteiger partial charge in [-0.1, -0.05) is 18.2 Å². The number of likely N-dealkylation sites (N-methyl/N-ethyl adjacent to an activating group) is 1. The van der Waals surface area contributed by atoms with Gasteiger partial charge >= 0.3 is 0 Å². The fourth-order valence-corrected chi connectivity index (χ4v) is 3.24. The third-order valence-electron chi connectivity index (χ3n) is 2.88. The van der Waals surface area contributed by atoms with Gasteiger partial charge in [-0.05, 0) is 34.1 Å². The zero-order valence-corrected chi connectivity index (χ0v) is 13.9. The number of hydrogen-bond acceptors (Lipinski definition) is 3. The summed E-state index contributed by atoms with van der Waals surface area (Å²) in [6.45, 7) is 0.535. The molecule has 0 fully saturated rings. The summed E-state index contributed by atoms with van der Waals surface area (Å²) in [6.07, 6.45) is 0. The average Bonchev–Trinajstić information content (AvgIpc) is 2.90. The quantitative estimate of drug-likeness (QED) is 0.884. The van der Waals surface area contributed by atoms with Gasteiger partial charge in [0.05, 0.1) is 13.1 Å². The molecule has 1 heterocycles. The molecule has 1 N–H and O–H groups in total. The van der Waals surface area contributed by atoms with E-state index in [4.69, 9.17) is 0 Å². The van der Waals surface area contributed by atoms with Crippen molar-refractivity contribution in [3.63, 3.8) is 0 Å². The van der Waals surface area contributed by atoms with Gasteiger partial charge in [0.2, 0.25) is 5.91 Å². The van der Waals surface area contributed by atoms with Crippen LogP contribution in [0.4, 0.5) is 0 Å². The number of thiophene rings is 1. The van der Waals surface area contributed by atoms with E-state index >= 15 is 0 Å². The zero-order valence-electron chi connectivity index (χ0n) is 11.5. The van der Waals surface area contributed by atoms with E-state index in [0.717, 1.165) is 9.35 Å². The minimum atomic E-state index is -0.240. The minimum absolute atomic E-state index is 0.00320. The lowest BCUT2D eigenvalue weighted by atomic mass is 10.2. The Bertz CT molecular complexity index is 628. The Labute approximate surface area is 135 Å². The molecule has 110 valence electrons. The number of rotatable bonds is 5. The van der Waals surface area contributed by atoms with Gasteiger partial charge in [0.25, 0.3) is 5.91 Å². The van der Waals surface area contributed by atoms with Crippen LogP contribution in [0.5, 0.6) is 0 Å². The van der Waals surface area contributed by atoms with Crippen LogP contribution in [0.25, 0.3) is 0 Å². The first kappa shape index (κ1) is 15.7. The van der Waals surface area contributed by atoms with Crippen molar-refractivity contribution < 1.29 is 9.59 Å². The van der Waals surface area contributed by atoms with E-state index < -0.39 is 0 Å². The standard InChI is InChI=1S/C15H15BrN2O2S/c1-18(9-13-7-12(16)10-21-13)14(19)8-17-15(20)11-5-3-2-4-6-11/h2-7,10H,8-9H2,1H3,(H,17,20). The Kier molecular flexibility index (Phi) is 5.52. The van der Waals surface area contributed by atoms with Crippen LogP contribution in [0.1, 0.15) is 15.2 Å². The largest absolute Gasteiger partial charge is 0.343 e. The van der Waals surface area contributed by atoms with Gasteiger partial charge in [-0.15, -0.1) is 11.3 Å². The molecule has 2 amide bonds. The second-order valence-corrected chi connectivity index (χ2v) is 6.44. The molecule has 6 heteroatoms. The predicted octanol–water partition coefficient (Wildman–Crippen LogP) is 2.90. The van der Waals surface area contributed by atoms with Crippen LogP contribution in [-0.2, 0) is 11.3 Å². The van der Waals surface area contributed by atoms with E-state index in [1.807, 2.05) is 17.5 Å². The third-order valence-corrected chi connectivity index (χ3v) is 4.56. The second kappa shape index (κ2) is 7.38. The summed E-state index contributed by atoms with van der Waals surface area (Å²) in [5, 5.41) is 4.61. The SMILES string of the molecule is CN(Cc1cc(Br)cs1)C(=O)CNC(=O)c1ccccc1. The molecule has 1 aromatic carbocycles. The van der Waals surface area contributed by atoms with Crippen molar-refractivity contribution in [3.05, 3.63) is 56.7 Å². The second-order valence-electron chi connectivity index (χ2n) is 4.53. The molecule has 4 nitrogen and oxygen atoms in total. The molecule has 2 aromatic rings. The monoisotopic (exact) mass is 366 g/mol. The summed E-state index contributed by atoms with van der Waals surface area (Å²) in [6, 6.07) is 10.8. The number of benzene rings is 1. The number of halogens is 1. The van der Waals surface area contributed by atoms with Gasteiger partial charge in [0.1, 0.15) is 0 Å². The van der Waals surface area contributed by atoms with Crippen molar-refractivity contribution in [2.75, 3.05) is 13.6 Å². The molecule has 0 bridgehead atoms. The molecule has 0 saturated carbocycles. The smallest absolute Gasteiger partial charge is 0.251 e. The number of carbonyl (C=O) groups excluding carboxylic acids is 2. The molecule has 0 aliphatic heterocycles. The van der Waals surface area contributed by atoms with E-state index in [1.165, 1.54) is 0 Å². The first-order chi connectivity index (χ1) is 10.1. The maximum Gasteiger partial charge on any atom is 0.251 e. The molecule has 0 aliphatic rings. The Morgan fingerprint density at radius 1 is 1.29 bits per heavy atom. The number of amides is 2. The lowest BCUT2D eigenvalue weighted by Gasteiger charge is -2.16. The van der Waals surface area contributed by atoms with E-state index in [1.54, 1.807) is 47.5 Å². The van der Waals surface area contributed by atoms with Crippen LogP contribution in [0.2, 0.25) is 0 Å². The number of hydrogen-bond donors (Lipinski definition) is 1. The predicted molar refractivity (Wildman–Crippen MR) is 87.3 cm³/mol. The molecule has 0 saturated heterocycles. The van der Waals surface area contributed by atoms with E-state index in [9.17, 15) is 9.59 Å². The molecule has 0 unspecified atom stereocenters. The summed E-state index contributed by atoms with van der Waals surface area (Å²) < 4.78 is 1.01. The van der Waals surface area contributed by atoms with E-state index in [-0.39, 0.29) is 18.4 Å². The topological polar surface area (TPSA) is 49.4 Å². The molecule has 0 spiro atoms. The van der Waals surface area contributed by atoms with Gasteiger partial charge in [0, 0.05) is 27.3 Å². The van der Waals surface area contributed by atoms with Crippen molar-refractivity contribution in [3.8, 4) is 0 Å². The van der Waals surface area contributed by atoms with Crippen LogP contribution < -0.4 is 5.32 Å². The van der Waals surface area contributed by atoms with E-state index in [2.05, 4.69) is 21.2 Å². The highest BCUT2D eigenvalue weighted by atomic mass is 79.9. The van der Waals surface area contributed by atoms with Gasteiger partial charge in [0.15, 0.2) is 0 Å². The van der Waals surface area contributed by atoms with Crippen molar-refractivity contribution in [2.45, 2.75) is 6.54 Å². The molecule has 2 rings (SSSR count). The third kappa shape index (κ3) is 4.68. The average molecular weight is 367 g/mol. The van der Waals surface area contributed by atoms with Crippen molar-refractivity contribution in [2.24, 2.45) is 0 Å². The Balaban J connectivity index is 1.82. The summed E-state index contributed by atoms with van der Waals surface area (Å²) in [5.41, 5.74) is 0.551. The zero-order chi connectivity index (χ0) is 15.2. The maximum atomic E-state index is 12.0. The number of nitrogens with zero attached hydrogens (tertiary/aromatic N) is 1. The number of carbonyl (C=O) groups is 2. The highest BCUT2D eigenvalue weighted by Gasteiger charge is 2.12. The van der Waals surface area contributed by atoms with Crippen LogP contribution in [0.3, 0.4) is 0 Å². The van der Waals surface area contributed by atoms with Crippen molar-refractivity contribution in [1.82, 2.24) is 10.2 Å². The minimum Gasteiger partial charge on any atom is -0.343 e. The summed E-state index contributed by atoms with van der Waals surface area (Å²) in [5.74, 6) is -0.361. The maximum absolute atomic E-state index is 12.0. The fraction of sp³-hybridized carbons (Fsp3) is 0.200. The van der Waals surface area contributed by atoms with Gasteiger partial charge in [-0.3, -0.25) is 9.59 Å². The van der Waals surface area contributed by atoms with Crippen LogP contribution in [0, 0.1) is 0 Å². The molecule has 0 atom stereocenters. The molecular weight excluding hydrogens is 352 g/mol. The molecule has 0 radical (unpaired) electrons. The van der Waals surface area contributed by atoms with Crippen LogP contribution >= 0.6 is 27.3 Å². The Hall–Kier alpha value is -1.66. The van der Waals surface area contributed by atoms with Crippen LogP contribution in [0.15, 0.2) is 46.3 Å². The lowest BCUT2D eigenvalue weighted by molar-refractivity contribution is -0.129. The van der Waals surface area contributed by atoms with Gasteiger partial charge in [-0.25, -0.2) is 0 Å². The van der Waals surface area contributed by atoms with Gasteiger partial charge < -0.3 is 10.2 Å². The van der Waals surface area contributed by atoms with Crippen molar-refractivity contribution in [1.29, 1.82) is 0 Å². The molecule has 0 aliphatic carbocycles.